The topological polar surface area (TPSA) is 74.8 Å². The average Bonchev–Trinajstić information content (AvgIpc) is 2.18. The maximum Gasteiger partial charge on any atom is 0.0319 e. The van der Waals surface area contributed by atoms with Gasteiger partial charge in [-0.15, -0.1) is 0 Å². The molecule has 0 aliphatic carbocycles. The average molecular weight is 188 g/mol. The zero-order valence-corrected chi connectivity index (χ0v) is 7.80. The molecule has 2 N–H and O–H groups in total. The van der Waals surface area contributed by atoms with Crippen LogP contribution in [0.5, 0.6) is 0 Å². The molecule has 14 heavy (non-hydrogen) atoms. The standard InChI is InChI=1S/C10H12N4/c11-10-6-3-5-9(8-10)4-1-2-7-13-14-12/h1,3-6,8H,2,7,11H2. The normalized spacial score (nSPS) is 10.0. The Labute approximate surface area is 82.7 Å². The minimum atomic E-state index is 0.495. The second-order valence-electron chi connectivity index (χ2n) is 2.82. The van der Waals surface area contributed by atoms with E-state index in [9.17, 15) is 0 Å². The Kier molecular flexibility index (Phi) is 4.11. The lowest BCUT2D eigenvalue weighted by Crippen LogP contribution is -1.83. The van der Waals surface area contributed by atoms with E-state index in [4.69, 9.17) is 11.3 Å². The SMILES string of the molecule is [N-]=[N+]=NCCC=Cc1cccc(N)c1. The molecule has 0 bridgehead atoms. The number of benzene rings is 1. The second kappa shape index (κ2) is 5.67. The Hall–Kier alpha value is -1.93. The van der Waals surface area contributed by atoms with Gasteiger partial charge in [0.25, 0.3) is 0 Å². The largest absolute Gasteiger partial charge is 0.399 e. The van der Waals surface area contributed by atoms with Gasteiger partial charge in [-0.3, -0.25) is 0 Å². The van der Waals surface area contributed by atoms with Crippen LogP contribution in [0, 0.1) is 0 Å². The number of nitrogen functional groups attached to an aromatic ring is 1. The maximum atomic E-state index is 8.04. The molecule has 0 amide bonds. The molecular weight excluding hydrogens is 176 g/mol. The summed E-state index contributed by atoms with van der Waals surface area (Å²) in [5.74, 6) is 0. The van der Waals surface area contributed by atoms with Crippen molar-refractivity contribution < 1.29 is 0 Å². The zero-order chi connectivity index (χ0) is 10.2. The lowest BCUT2D eigenvalue weighted by atomic mass is 10.2. The van der Waals surface area contributed by atoms with Crippen LogP contribution in [0.3, 0.4) is 0 Å². The molecule has 72 valence electrons. The first-order valence-electron chi connectivity index (χ1n) is 4.36. The molecular formula is C10H12N4. The van der Waals surface area contributed by atoms with Gasteiger partial charge in [-0.05, 0) is 29.6 Å². The van der Waals surface area contributed by atoms with E-state index < -0.39 is 0 Å². The smallest absolute Gasteiger partial charge is 0.0319 e. The molecule has 4 nitrogen and oxygen atoms in total. The number of nitrogens with zero attached hydrogens (tertiary/aromatic N) is 3. The van der Waals surface area contributed by atoms with E-state index in [2.05, 4.69) is 10.0 Å². The Balaban J connectivity index is 2.47. The van der Waals surface area contributed by atoms with E-state index in [1.54, 1.807) is 0 Å². The second-order valence-corrected chi connectivity index (χ2v) is 2.82. The minimum Gasteiger partial charge on any atom is -0.399 e. The van der Waals surface area contributed by atoms with Gasteiger partial charge in [-0.25, -0.2) is 0 Å². The highest BCUT2D eigenvalue weighted by atomic mass is 15.1. The van der Waals surface area contributed by atoms with E-state index in [0.717, 1.165) is 17.7 Å². The van der Waals surface area contributed by atoms with Gasteiger partial charge in [0.2, 0.25) is 0 Å². The van der Waals surface area contributed by atoms with Gasteiger partial charge in [0.05, 0.1) is 0 Å². The van der Waals surface area contributed by atoms with Crippen LogP contribution in [0.2, 0.25) is 0 Å². The van der Waals surface area contributed by atoms with Crippen molar-refractivity contribution in [3.63, 3.8) is 0 Å². The third kappa shape index (κ3) is 3.65. The fourth-order valence-electron chi connectivity index (χ4n) is 1.06. The first kappa shape index (κ1) is 10.2. The summed E-state index contributed by atoms with van der Waals surface area (Å²) in [4.78, 5) is 2.67. The first-order chi connectivity index (χ1) is 6.83. The fraction of sp³-hybridized carbons (Fsp3) is 0.200. The third-order valence-electron chi connectivity index (χ3n) is 1.68. The molecule has 0 unspecified atom stereocenters. The molecule has 4 heteroatoms. The molecule has 0 saturated heterocycles. The maximum absolute atomic E-state index is 8.04. The molecule has 0 radical (unpaired) electrons. The molecule has 1 aromatic rings. The van der Waals surface area contributed by atoms with Crippen LogP contribution >= 0.6 is 0 Å². The van der Waals surface area contributed by atoms with Gasteiger partial charge in [0.1, 0.15) is 0 Å². The van der Waals surface area contributed by atoms with Crippen LogP contribution in [0.25, 0.3) is 16.5 Å². The summed E-state index contributed by atoms with van der Waals surface area (Å²) in [5.41, 5.74) is 15.5. The van der Waals surface area contributed by atoms with Crippen molar-refractivity contribution in [2.45, 2.75) is 6.42 Å². The van der Waals surface area contributed by atoms with E-state index in [-0.39, 0.29) is 0 Å². The van der Waals surface area contributed by atoms with Crippen LogP contribution in [-0.2, 0) is 0 Å². The summed E-state index contributed by atoms with van der Waals surface area (Å²) >= 11 is 0. The molecule has 0 spiro atoms. The van der Waals surface area contributed by atoms with Crippen LogP contribution in [0.4, 0.5) is 5.69 Å². The highest BCUT2D eigenvalue weighted by molar-refractivity contribution is 5.55. The predicted molar refractivity (Wildman–Crippen MR) is 58.5 cm³/mol. The fourth-order valence-corrected chi connectivity index (χ4v) is 1.06. The molecule has 0 atom stereocenters. The summed E-state index contributed by atoms with van der Waals surface area (Å²) < 4.78 is 0. The number of azide groups is 1. The summed E-state index contributed by atoms with van der Waals surface area (Å²) in [6.45, 7) is 0.495. The number of anilines is 1. The lowest BCUT2D eigenvalue weighted by Gasteiger charge is -1.94. The Morgan fingerprint density at radius 3 is 3.07 bits per heavy atom. The van der Waals surface area contributed by atoms with Crippen LogP contribution in [0.1, 0.15) is 12.0 Å². The van der Waals surface area contributed by atoms with E-state index in [1.165, 1.54) is 0 Å². The molecule has 0 heterocycles. The number of rotatable bonds is 4. The van der Waals surface area contributed by atoms with E-state index in [1.807, 2.05) is 36.4 Å². The van der Waals surface area contributed by atoms with Crippen molar-refractivity contribution in [1.82, 2.24) is 0 Å². The van der Waals surface area contributed by atoms with Crippen molar-refractivity contribution in [3.8, 4) is 0 Å². The van der Waals surface area contributed by atoms with Gasteiger partial charge in [0, 0.05) is 17.1 Å². The third-order valence-corrected chi connectivity index (χ3v) is 1.68. The van der Waals surface area contributed by atoms with E-state index >= 15 is 0 Å². The van der Waals surface area contributed by atoms with Gasteiger partial charge >= 0.3 is 0 Å². The predicted octanol–water partition coefficient (Wildman–Crippen LogP) is 2.98. The summed E-state index contributed by atoms with van der Waals surface area (Å²) in [6, 6.07) is 7.62. The molecule has 0 aromatic heterocycles. The number of nitrogens with two attached hydrogens (primary N) is 1. The van der Waals surface area contributed by atoms with Gasteiger partial charge in [0.15, 0.2) is 0 Å². The van der Waals surface area contributed by atoms with Crippen LogP contribution in [0.15, 0.2) is 35.5 Å². The molecule has 0 saturated carbocycles. The molecule has 1 rings (SSSR count). The summed E-state index contributed by atoms with van der Waals surface area (Å²) in [7, 11) is 0. The van der Waals surface area contributed by atoms with E-state index in [0.29, 0.717) is 6.54 Å². The first-order valence-corrected chi connectivity index (χ1v) is 4.36. The highest BCUT2D eigenvalue weighted by Crippen LogP contribution is 2.08. The van der Waals surface area contributed by atoms with Crippen molar-refractivity contribution in [3.05, 3.63) is 46.3 Å². The van der Waals surface area contributed by atoms with Crippen molar-refractivity contribution >= 4 is 11.8 Å². The molecule has 0 fully saturated rings. The number of hydrogen-bond acceptors (Lipinski definition) is 2. The molecule has 1 aromatic carbocycles. The Morgan fingerprint density at radius 2 is 2.36 bits per heavy atom. The quantitative estimate of drug-likeness (QED) is 0.255. The highest BCUT2D eigenvalue weighted by Gasteiger charge is 1.86. The van der Waals surface area contributed by atoms with Crippen LogP contribution < -0.4 is 5.73 Å². The summed E-state index contributed by atoms with van der Waals surface area (Å²) in [5, 5.41) is 3.43. The zero-order valence-electron chi connectivity index (χ0n) is 7.80. The van der Waals surface area contributed by atoms with Gasteiger partial charge in [-0.2, -0.15) is 0 Å². The van der Waals surface area contributed by atoms with Crippen molar-refractivity contribution in [2.75, 3.05) is 12.3 Å². The Bertz CT molecular complexity index is 364. The van der Waals surface area contributed by atoms with Gasteiger partial charge in [-0.1, -0.05) is 29.4 Å². The van der Waals surface area contributed by atoms with Gasteiger partial charge < -0.3 is 5.73 Å². The summed E-state index contributed by atoms with van der Waals surface area (Å²) in [6.07, 6.45) is 4.67. The van der Waals surface area contributed by atoms with Crippen molar-refractivity contribution in [2.24, 2.45) is 5.11 Å². The monoisotopic (exact) mass is 188 g/mol. The molecule has 0 aliphatic rings. The number of hydrogen-bond donors (Lipinski definition) is 1. The Morgan fingerprint density at radius 1 is 1.50 bits per heavy atom. The van der Waals surface area contributed by atoms with Crippen molar-refractivity contribution in [1.29, 1.82) is 0 Å². The van der Waals surface area contributed by atoms with Crippen LogP contribution in [-0.4, -0.2) is 6.54 Å². The minimum absolute atomic E-state index is 0.495. The molecule has 0 aliphatic heterocycles. The lowest BCUT2D eigenvalue weighted by molar-refractivity contribution is 0.996.